The first-order valence-electron chi connectivity index (χ1n) is 8.97. The summed E-state index contributed by atoms with van der Waals surface area (Å²) < 4.78 is 13.3. The van der Waals surface area contributed by atoms with Gasteiger partial charge in [0.2, 0.25) is 5.91 Å². The van der Waals surface area contributed by atoms with Crippen LogP contribution >= 0.6 is 15.9 Å². The summed E-state index contributed by atoms with van der Waals surface area (Å²) in [5.74, 6) is -1.13. The molecule has 8 nitrogen and oxygen atoms in total. The third-order valence-electron chi connectivity index (χ3n) is 4.21. The Morgan fingerprint density at radius 1 is 1.32 bits per heavy atom. The second-order valence-corrected chi connectivity index (χ2v) is 15.0. The number of halogens is 1. The van der Waals surface area contributed by atoms with Crippen LogP contribution in [0.15, 0.2) is 17.0 Å². The topological polar surface area (TPSA) is 109 Å². The Morgan fingerprint density at radius 3 is 2.61 bits per heavy atom. The standard InChI is InChI=1S/C18H27BrN4O4Si/c1-18(2,17(20)25)10-27-16(24)12-9-23(11-26-6-7-28(3,4)5)15-14(12)22-13(19)8-21-15/h8-9H,6-7,10-11H2,1-5H3,(H2,20,25). The van der Waals surface area contributed by atoms with Gasteiger partial charge in [-0.1, -0.05) is 19.6 Å². The van der Waals surface area contributed by atoms with Crippen LogP contribution in [0, 0.1) is 5.41 Å². The highest BCUT2D eigenvalue weighted by molar-refractivity contribution is 9.10. The maximum atomic E-state index is 12.6. The molecule has 154 valence electrons. The van der Waals surface area contributed by atoms with Gasteiger partial charge in [-0.15, -0.1) is 0 Å². The van der Waals surface area contributed by atoms with E-state index >= 15 is 0 Å². The fourth-order valence-electron chi connectivity index (χ4n) is 2.21. The van der Waals surface area contributed by atoms with Crippen LogP contribution in [0.3, 0.4) is 0 Å². The van der Waals surface area contributed by atoms with E-state index < -0.39 is 25.4 Å². The summed E-state index contributed by atoms with van der Waals surface area (Å²) in [7, 11) is -1.19. The normalized spacial score (nSPS) is 12.4. The maximum Gasteiger partial charge on any atom is 0.342 e. The highest BCUT2D eigenvalue weighted by Gasteiger charge is 2.28. The van der Waals surface area contributed by atoms with Crippen LogP contribution in [0.2, 0.25) is 25.7 Å². The molecule has 2 aromatic heterocycles. The summed E-state index contributed by atoms with van der Waals surface area (Å²) in [5, 5.41) is 0. The zero-order valence-corrected chi connectivity index (χ0v) is 19.5. The van der Waals surface area contributed by atoms with E-state index in [1.165, 1.54) is 0 Å². The minimum atomic E-state index is -1.19. The number of carbonyl (C=O) groups excluding carboxylic acids is 2. The van der Waals surface area contributed by atoms with Gasteiger partial charge >= 0.3 is 5.97 Å². The Balaban J connectivity index is 2.20. The molecule has 0 aliphatic heterocycles. The molecule has 0 unspecified atom stereocenters. The molecule has 2 aromatic rings. The van der Waals surface area contributed by atoms with E-state index in [-0.39, 0.29) is 18.9 Å². The Kier molecular flexibility index (Phi) is 7.00. The van der Waals surface area contributed by atoms with Crippen LogP contribution in [0.25, 0.3) is 11.2 Å². The molecule has 10 heteroatoms. The number of hydrogen-bond acceptors (Lipinski definition) is 6. The fourth-order valence-corrected chi connectivity index (χ4v) is 3.25. The molecule has 0 bridgehead atoms. The second kappa shape index (κ2) is 8.71. The largest absolute Gasteiger partial charge is 0.461 e. The van der Waals surface area contributed by atoms with E-state index in [1.807, 2.05) is 0 Å². The molecule has 2 rings (SSSR count). The van der Waals surface area contributed by atoms with Crippen molar-refractivity contribution in [1.82, 2.24) is 14.5 Å². The predicted molar refractivity (Wildman–Crippen MR) is 113 cm³/mol. The number of esters is 1. The summed E-state index contributed by atoms with van der Waals surface area (Å²) in [4.78, 5) is 32.7. The van der Waals surface area contributed by atoms with Gasteiger partial charge in [0.15, 0.2) is 5.65 Å². The average Bonchev–Trinajstić information content (AvgIpc) is 2.93. The predicted octanol–water partition coefficient (Wildman–Crippen LogP) is 3.17. The number of nitrogens with two attached hydrogens (primary N) is 1. The Hall–Kier alpha value is -1.78. The van der Waals surface area contributed by atoms with Crippen molar-refractivity contribution in [3.05, 3.63) is 22.6 Å². The van der Waals surface area contributed by atoms with Crippen LogP contribution < -0.4 is 5.73 Å². The van der Waals surface area contributed by atoms with Crippen molar-refractivity contribution >= 4 is 47.0 Å². The lowest BCUT2D eigenvalue weighted by atomic mass is 9.94. The quantitative estimate of drug-likeness (QED) is 0.342. The monoisotopic (exact) mass is 470 g/mol. The third-order valence-corrected chi connectivity index (χ3v) is 6.30. The van der Waals surface area contributed by atoms with E-state index in [0.29, 0.717) is 22.4 Å². The van der Waals surface area contributed by atoms with Gasteiger partial charge in [0.25, 0.3) is 0 Å². The Labute approximate surface area is 173 Å². The van der Waals surface area contributed by atoms with Crippen molar-refractivity contribution < 1.29 is 19.1 Å². The van der Waals surface area contributed by atoms with Gasteiger partial charge < -0.3 is 19.8 Å². The molecule has 28 heavy (non-hydrogen) atoms. The lowest BCUT2D eigenvalue weighted by Crippen LogP contribution is -2.36. The van der Waals surface area contributed by atoms with E-state index in [1.54, 1.807) is 30.8 Å². The molecule has 2 heterocycles. The number of nitrogens with zero attached hydrogens (tertiary/aromatic N) is 3. The zero-order chi connectivity index (χ0) is 21.1. The Morgan fingerprint density at radius 2 is 2.00 bits per heavy atom. The van der Waals surface area contributed by atoms with Gasteiger partial charge in [0.1, 0.15) is 29.0 Å². The average molecular weight is 471 g/mol. The highest BCUT2D eigenvalue weighted by atomic mass is 79.9. The van der Waals surface area contributed by atoms with Crippen molar-refractivity contribution in [2.75, 3.05) is 13.2 Å². The second-order valence-electron chi connectivity index (χ2n) is 8.55. The van der Waals surface area contributed by atoms with Crippen LogP contribution in [0.4, 0.5) is 0 Å². The molecule has 0 fully saturated rings. The first-order chi connectivity index (χ1) is 12.9. The summed E-state index contributed by atoms with van der Waals surface area (Å²) in [6.07, 6.45) is 3.18. The number of fused-ring (bicyclic) bond motifs is 1. The van der Waals surface area contributed by atoms with E-state index in [4.69, 9.17) is 15.2 Å². The van der Waals surface area contributed by atoms with Crippen molar-refractivity contribution in [3.63, 3.8) is 0 Å². The number of primary amides is 1. The number of hydrogen-bond donors (Lipinski definition) is 1. The molecule has 0 atom stereocenters. The molecule has 0 spiro atoms. The molecule has 0 aliphatic carbocycles. The number of carbonyl (C=O) groups is 2. The van der Waals surface area contributed by atoms with Crippen molar-refractivity contribution in [3.8, 4) is 0 Å². The molecule has 1 amide bonds. The maximum absolute atomic E-state index is 12.6. The van der Waals surface area contributed by atoms with Gasteiger partial charge in [0.05, 0.1) is 11.6 Å². The van der Waals surface area contributed by atoms with Crippen molar-refractivity contribution in [2.45, 2.75) is 46.3 Å². The van der Waals surface area contributed by atoms with Gasteiger partial charge in [-0.2, -0.15) is 0 Å². The van der Waals surface area contributed by atoms with E-state index in [2.05, 4.69) is 45.5 Å². The molecule has 2 N–H and O–H groups in total. The van der Waals surface area contributed by atoms with Crippen LogP contribution in [0.1, 0.15) is 24.2 Å². The minimum Gasteiger partial charge on any atom is -0.461 e. The molecule has 0 radical (unpaired) electrons. The van der Waals surface area contributed by atoms with E-state index in [9.17, 15) is 9.59 Å². The lowest BCUT2D eigenvalue weighted by molar-refractivity contribution is -0.127. The van der Waals surface area contributed by atoms with E-state index in [0.717, 1.165) is 6.04 Å². The smallest absolute Gasteiger partial charge is 0.342 e. The molecular formula is C18H27BrN4O4Si. The fraction of sp³-hybridized carbons (Fsp3) is 0.556. The van der Waals surface area contributed by atoms with Gasteiger partial charge in [-0.05, 0) is 35.8 Å². The summed E-state index contributed by atoms with van der Waals surface area (Å²) in [6.45, 7) is 10.9. The highest BCUT2D eigenvalue weighted by Crippen LogP contribution is 2.22. The summed E-state index contributed by atoms with van der Waals surface area (Å²) >= 11 is 3.28. The van der Waals surface area contributed by atoms with Crippen LogP contribution in [-0.2, 0) is 21.0 Å². The number of ether oxygens (including phenoxy) is 2. The molecule has 0 aromatic carbocycles. The van der Waals surface area contributed by atoms with Gasteiger partial charge in [0, 0.05) is 20.9 Å². The van der Waals surface area contributed by atoms with Gasteiger partial charge in [-0.3, -0.25) is 4.79 Å². The van der Waals surface area contributed by atoms with Crippen molar-refractivity contribution in [2.24, 2.45) is 11.1 Å². The zero-order valence-electron chi connectivity index (χ0n) is 16.9. The molecule has 0 aliphatic rings. The summed E-state index contributed by atoms with van der Waals surface area (Å²) in [6, 6.07) is 1.04. The van der Waals surface area contributed by atoms with Gasteiger partial charge in [-0.25, -0.2) is 14.8 Å². The Bertz CT molecular complexity index is 876. The minimum absolute atomic E-state index is 0.123. The van der Waals surface area contributed by atoms with Crippen molar-refractivity contribution in [1.29, 1.82) is 0 Å². The van der Waals surface area contributed by atoms with Crippen LogP contribution in [0.5, 0.6) is 0 Å². The first kappa shape index (κ1) is 22.5. The molecular weight excluding hydrogens is 444 g/mol. The molecule has 0 saturated heterocycles. The molecule has 0 saturated carbocycles. The SMILES string of the molecule is CC(C)(COC(=O)c1cn(COCC[Si](C)(C)C)c2ncc(Br)nc12)C(N)=O. The first-order valence-corrected chi connectivity index (χ1v) is 13.5. The third kappa shape index (κ3) is 5.86. The number of aromatic nitrogens is 3. The van der Waals surface area contributed by atoms with Crippen LogP contribution in [-0.4, -0.2) is 47.7 Å². The lowest BCUT2D eigenvalue weighted by Gasteiger charge is -2.19. The summed E-state index contributed by atoms with van der Waals surface area (Å²) in [5.41, 5.74) is 5.57. The number of amides is 1. The number of rotatable bonds is 9.